The second-order valence-electron chi connectivity index (χ2n) is 5.25. The van der Waals surface area contributed by atoms with E-state index in [1.54, 1.807) is 43.5 Å². The topological polar surface area (TPSA) is 91.5 Å². The number of hydrogen-bond acceptors (Lipinski definition) is 3. The van der Waals surface area contributed by atoms with Crippen molar-refractivity contribution in [2.75, 3.05) is 36.2 Å². The van der Waals surface area contributed by atoms with Gasteiger partial charge in [-0.05, 0) is 36.8 Å². The highest BCUT2D eigenvalue weighted by molar-refractivity contribution is 6.00. The maximum Gasteiger partial charge on any atom is 0.323 e. The molecule has 0 spiro atoms. The summed E-state index contributed by atoms with van der Waals surface area (Å²) in [7, 11) is 1.62. The Hall–Kier alpha value is -3.06. The summed E-state index contributed by atoms with van der Waals surface area (Å²) < 4.78 is 4.92. The molecule has 0 aromatic heterocycles. The number of nitrogens with one attached hydrogen (secondary N) is 4. The molecule has 0 unspecified atom stereocenters. The molecular formula is C18H22N4O3. The van der Waals surface area contributed by atoms with E-state index in [0.717, 1.165) is 6.42 Å². The average molecular weight is 342 g/mol. The lowest BCUT2D eigenvalue weighted by atomic mass is 10.3. The first-order chi connectivity index (χ1) is 12.2. The number of amides is 4. The fourth-order valence-electron chi connectivity index (χ4n) is 2.08. The monoisotopic (exact) mass is 342 g/mol. The Kier molecular flexibility index (Phi) is 7.27. The maximum atomic E-state index is 12.0. The van der Waals surface area contributed by atoms with E-state index >= 15 is 0 Å². The molecule has 0 saturated carbocycles. The smallest absolute Gasteiger partial charge is 0.323 e. The van der Waals surface area contributed by atoms with E-state index in [1.165, 1.54) is 0 Å². The SMILES string of the molecule is COCCCNC(=O)Nc1cccc(NC(=O)Nc2ccccc2)c1. The van der Waals surface area contributed by atoms with Gasteiger partial charge < -0.3 is 26.0 Å². The molecule has 2 rings (SSSR count). The van der Waals surface area contributed by atoms with Crippen LogP contribution in [0.3, 0.4) is 0 Å². The van der Waals surface area contributed by atoms with Crippen LogP contribution in [0.4, 0.5) is 26.7 Å². The predicted molar refractivity (Wildman–Crippen MR) is 99.0 cm³/mol. The molecular weight excluding hydrogens is 320 g/mol. The van der Waals surface area contributed by atoms with Crippen LogP contribution >= 0.6 is 0 Å². The molecule has 0 heterocycles. The molecule has 25 heavy (non-hydrogen) atoms. The molecule has 132 valence electrons. The third kappa shape index (κ3) is 6.92. The van der Waals surface area contributed by atoms with Gasteiger partial charge in [-0.3, -0.25) is 0 Å². The first-order valence-corrected chi connectivity index (χ1v) is 7.94. The van der Waals surface area contributed by atoms with Gasteiger partial charge in [0.1, 0.15) is 0 Å². The zero-order valence-corrected chi connectivity index (χ0v) is 14.0. The standard InChI is InChI=1S/C18H22N4O3/c1-25-12-6-11-19-17(23)21-15-9-5-10-16(13-15)22-18(24)20-14-7-3-2-4-8-14/h2-5,7-10,13H,6,11-12H2,1H3,(H2,19,21,23)(H2,20,22,24). The van der Waals surface area contributed by atoms with Gasteiger partial charge in [0, 0.05) is 37.3 Å². The number of benzene rings is 2. The second kappa shape index (κ2) is 9.94. The van der Waals surface area contributed by atoms with Crippen LogP contribution in [0.15, 0.2) is 54.6 Å². The number of anilines is 3. The number of urea groups is 2. The van der Waals surface area contributed by atoms with E-state index < -0.39 is 0 Å². The van der Waals surface area contributed by atoms with E-state index in [0.29, 0.717) is 30.2 Å². The van der Waals surface area contributed by atoms with Gasteiger partial charge in [-0.2, -0.15) is 0 Å². The highest BCUT2D eigenvalue weighted by atomic mass is 16.5. The van der Waals surface area contributed by atoms with Crippen molar-refractivity contribution in [2.24, 2.45) is 0 Å². The third-order valence-electron chi connectivity index (χ3n) is 3.22. The summed E-state index contributed by atoms with van der Waals surface area (Å²) in [5.41, 5.74) is 1.86. The number of carbonyl (C=O) groups excluding carboxylic acids is 2. The van der Waals surface area contributed by atoms with Crippen molar-refractivity contribution in [2.45, 2.75) is 6.42 Å². The number of ether oxygens (including phenoxy) is 1. The molecule has 2 aromatic carbocycles. The van der Waals surface area contributed by atoms with Gasteiger partial charge in [0.15, 0.2) is 0 Å². The molecule has 0 aliphatic carbocycles. The van der Waals surface area contributed by atoms with Crippen LogP contribution in [0.1, 0.15) is 6.42 Å². The van der Waals surface area contributed by atoms with Crippen LogP contribution in [-0.4, -0.2) is 32.3 Å². The molecule has 0 atom stereocenters. The Balaban J connectivity index is 1.83. The van der Waals surface area contributed by atoms with Gasteiger partial charge in [-0.25, -0.2) is 9.59 Å². The van der Waals surface area contributed by atoms with E-state index in [4.69, 9.17) is 4.74 Å². The van der Waals surface area contributed by atoms with Crippen LogP contribution in [0.2, 0.25) is 0 Å². The van der Waals surface area contributed by atoms with Gasteiger partial charge in [-0.15, -0.1) is 0 Å². The molecule has 0 fully saturated rings. The van der Waals surface area contributed by atoms with Crippen molar-refractivity contribution in [1.82, 2.24) is 5.32 Å². The summed E-state index contributed by atoms with van der Waals surface area (Å²) in [6, 6.07) is 15.4. The first kappa shape index (κ1) is 18.3. The second-order valence-corrected chi connectivity index (χ2v) is 5.25. The summed E-state index contributed by atoms with van der Waals surface area (Å²) in [5.74, 6) is 0. The average Bonchev–Trinajstić information content (AvgIpc) is 2.60. The lowest BCUT2D eigenvalue weighted by Gasteiger charge is -2.10. The highest BCUT2D eigenvalue weighted by Gasteiger charge is 2.05. The number of rotatable bonds is 7. The number of hydrogen-bond donors (Lipinski definition) is 4. The van der Waals surface area contributed by atoms with Gasteiger partial charge >= 0.3 is 12.1 Å². The van der Waals surface area contributed by atoms with E-state index in [2.05, 4.69) is 21.3 Å². The van der Waals surface area contributed by atoms with Gasteiger partial charge in [0.05, 0.1) is 0 Å². The quantitative estimate of drug-likeness (QED) is 0.581. The largest absolute Gasteiger partial charge is 0.385 e. The third-order valence-corrected chi connectivity index (χ3v) is 3.22. The van der Waals surface area contributed by atoms with Crippen molar-refractivity contribution < 1.29 is 14.3 Å². The first-order valence-electron chi connectivity index (χ1n) is 7.94. The molecule has 0 bridgehead atoms. The van der Waals surface area contributed by atoms with Crippen molar-refractivity contribution in [1.29, 1.82) is 0 Å². The lowest BCUT2D eigenvalue weighted by molar-refractivity contribution is 0.194. The molecule has 4 amide bonds. The summed E-state index contributed by atoms with van der Waals surface area (Å²) in [6.07, 6.45) is 0.741. The summed E-state index contributed by atoms with van der Waals surface area (Å²) in [6.45, 7) is 1.12. The van der Waals surface area contributed by atoms with Gasteiger partial charge in [-0.1, -0.05) is 24.3 Å². The zero-order valence-electron chi connectivity index (χ0n) is 14.0. The summed E-state index contributed by atoms with van der Waals surface area (Å²) in [4.78, 5) is 23.8. The van der Waals surface area contributed by atoms with Crippen LogP contribution in [0, 0.1) is 0 Å². The predicted octanol–water partition coefficient (Wildman–Crippen LogP) is 3.49. The molecule has 0 radical (unpaired) electrons. The maximum absolute atomic E-state index is 12.0. The van der Waals surface area contributed by atoms with E-state index in [-0.39, 0.29) is 12.1 Å². The molecule has 0 aliphatic heterocycles. The minimum atomic E-state index is -0.354. The Morgan fingerprint density at radius 1 is 0.840 bits per heavy atom. The van der Waals surface area contributed by atoms with Crippen LogP contribution < -0.4 is 21.3 Å². The van der Waals surface area contributed by atoms with Crippen molar-refractivity contribution >= 4 is 29.1 Å². The van der Waals surface area contributed by atoms with Crippen molar-refractivity contribution in [3.05, 3.63) is 54.6 Å². The Labute approximate surface area is 146 Å². The minimum absolute atomic E-state index is 0.304. The Morgan fingerprint density at radius 3 is 2.12 bits per heavy atom. The number of para-hydroxylation sites is 1. The zero-order chi connectivity index (χ0) is 17.9. The van der Waals surface area contributed by atoms with Crippen LogP contribution in [0.25, 0.3) is 0 Å². The summed E-state index contributed by atoms with van der Waals surface area (Å²) in [5, 5.41) is 10.9. The highest BCUT2D eigenvalue weighted by Crippen LogP contribution is 2.15. The molecule has 0 saturated heterocycles. The number of methoxy groups -OCH3 is 1. The van der Waals surface area contributed by atoms with E-state index in [1.807, 2.05) is 18.2 Å². The normalized spacial score (nSPS) is 9.96. The van der Waals surface area contributed by atoms with Crippen molar-refractivity contribution in [3.63, 3.8) is 0 Å². The summed E-state index contributed by atoms with van der Waals surface area (Å²) >= 11 is 0. The molecule has 2 aromatic rings. The van der Waals surface area contributed by atoms with Crippen LogP contribution in [-0.2, 0) is 4.74 Å². The fraction of sp³-hybridized carbons (Fsp3) is 0.222. The molecule has 7 nitrogen and oxygen atoms in total. The fourth-order valence-corrected chi connectivity index (χ4v) is 2.08. The van der Waals surface area contributed by atoms with Gasteiger partial charge in [0.25, 0.3) is 0 Å². The minimum Gasteiger partial charge on any atom is -0.385 e. The molecule has 7 heteroatoms. The van der Waals surface area contributed by atoms with E-state index in [9.17, 15) is 9.59 Å². The molecule has 0 aliphatic rings. The van der Waals surface area contributed by atoms with Crippen LogP contribution in [0.5, 0.6) is 0 Å². The number of carbonyl (C=O) groups is 2. The van der Waals surface area contributed by atoms with Gasteiger partial charge in [0.2, 0.25) is 0 Å². The molecule has 4 N–H and O–H groups in total. The Bertz CT molecular complexity index is 692. The Morgan fingerprint density at radius 2 is 1.44 bits per heavy atom. The van der Waals surface area contributed by atoms with Crippen molar-refractivity contribution in [3.8, 4) is 0 Å². The lowest BCUT2D eigenvalue weighted by Crippen LogP contribution is -2.30.